The maximum Gasteiger partial charge on any atom is 0.193 e. The van der Waals surface area contributed by atoms with Crippen LogP contribution in [-0.4, -0.2) is 12.9 Å². The number of carbonyl (C=O) groups excluding carboxylic acids is 1. The fraction of sp³-hybridized carbons (Fsp3) is 0.0909. The van der Waals surface area contributed by atoms with Crippen LogP contribution in [0.1, 0.15) is 10.4 Å². The van der Waals surface area contributed by atoms with Crippen molar-refractivity contribution in [3.63, 3.8) is 0 Å². The smallest absolute Gasteiger partial charge is 0.193 e. The lowest BCUT2D eigenvalue weighted by molar-refractivity contribution is 0.104. The van der Waals surface area contributed by atoms with E-state index in [9.17, 15) is 4.79 Å². The molecule has 13 heavy (non-hydrogen) atoms. The maximum absolute atomic E-state index is 11.3. The van der Waals surface area contributed by atoms with Crippen molar-refractivity contribution in [2.24, 2.45) is 0 Å². The second-order valence-corrected chi connectivity index (χ2v) is 2.44. The highest BCUT2D eigenvalue weighted by Gasteiger charge is 2.01. The van der Waals surface area contributed by atoms with E-state index >= 15 is 0 Å². The van der Waals surface area contributed by atoms with Gasteiger partial charge in [0.1, 0.15) is 5.75 Å². The Morgan fingerprint density at radius 3 is 3.00 bits per heavy atom. The number of hydrogen-bond donors (Lipinski definition) is 0. The van der Waals surface area contributed by atoms with E-state index in [4.69, 9.17) is 4.74 Å². The molecule has 0 bridgehead atoms. The molecule has 0 radical (unpaired) electrons. The molecule has 0 aromatic heterocycles. The van der Waals surface area contributed by atoms with Crippen LogP contribution in [0.25, 0.3) is 0 Å². The molecule has 0 amide bonds. The maximum atomic E-state index is 11.3. The molecule has 1 aromatic carbocycles. The summed E-state index contributed by atoms with van der Waals surface area (Å²) in [7, 11) is 1.56. The van der Waals surface area contributed by atoms with Gasteiger partial charge in [-0.25, -0.2) is 0 Å². The Balaban J connectivity index is 3.01. The van der Waals surface area contributed by atoms with Crippen LogP contribution in [0.5, 0.6) is 5.75 Å². The Morgan fingerprint density at radius 2 is 2.38 bits per heavy atom. The van der Waals surface area contributed by atoms with Gasteiger partial charge in [-0.05, 0) is 12.1 Å². The highest BCUT2D eigenvalue weighted by Crippen LogP contribution is 2.12. The van der Waals surface area contributed by atoms with Gasteiger partial charge < -0.3 is 4.74 Å². The minimum atomic E-state index is -0.117. The van der Waals surface area contributed by atoms with E-state index in [0.29, 0.717) is 11.3 Å². The molecule has 0 fully saturated rings. The van der Waals surface area contributed by atoms with Crippen molar-refractivity contribution in [1.29, 1.82) is 0 Å². The molecule has 0 saturated carbocycles. The topological polar surface area (TPSA) is 26.3 Å². The summed E-state index contributed by atoms with van der Waals surface area (Å²) >= 11 is 0. The van der Waals surface area contributed by atoms with Crippen LogP contribution in [0, 0.1) is 0 Å². The number of carbonyl (C=O) groups is 1. The molecule has 0 spiro atoms. The van der Waals surface area contributed by atoms with Crippen LogP contribution in [0.15, 0.2) is 42.7 Å². The fourth-order valence-electron chi connectivity index (χ4n) is 0.952. The zero-order valence-corrected chi connectivity index (χ0v) is 7.41. The number of allylic oxidation sites excluding steroid dienone is 1. The van der Waals surface area contributed by atoms with E-state index < -0.39 is 0 Å². The van der Waals surface area contributed by atoms with Crippen LogP contribution in [0.2, 0.25) is 0 Å². The lowest BCUT2D eigenvalue weighted by Crippen LogP contribution is -1.94. The van der Waals surface area contributed by atoms with Crippen LogP contribution >= 0.6 is 0 Å². The second kappa shape index (κ2) is 4.29. The number of methoxy groups -OCH3 is 1. The van der Waals surface area contributed by atoms with E-state index in [1.807, 2.05) is 0 Å². The van der Waals surface area contributed by atoms with Gasteiger partial charge in [-0.1, -0.05) is 18.7 Å². The Bertz CT molecular complexity index is 360. The van der Waals surface area contributed by atoms with E-state index in [-0.39, 0.29) is 5.78 Å². The molecule has 2 heteroatoms. The van der Waals surface area contributed by atoms with Gasteiger partial charge in [-0.2, -0.15) is 0 Å². The van der Waals surface area contributed by atoms with Crippen LogP contribution in [0.3, 0.4) is 0 Å². The fourth-order valence-corrected chi connectivity index (χ4v) is 0.952. The molecular weight excluding hydrogens is 164 g/mol. The minimum absolute atomic E-state index is 0.117. The first kappa shape index (κ1) is 9.30. The predicted molar refractivity (Wildman–Crippen MR) is 51.0 cm³/mol. The van der Waals surface area contributed by atoms with E-state index in [2.05, 4.69) is 12.3 Å². The quantitative estimate of drug-likeness (QED) is 0.399. The van der Waals surface area contributed by atoms with Gasteiger partial charge in [-0.3, -0.25) is 4.79 Å². The molecule has 1 aromatic rings. The molecule has 0 unspecified atom stereocenters. The van der Waals surface area contributed by atoms with Crippen molar-refractivity contribution >= 4 is 5.78 Å². The molecule has 0 atom stereocenters. The third kappa shape index (κ3) is 2.32. The van der Waals surface area contributed by atoms with Gasteiger partial charge in [0.25, 0.3) is 0 Å². The predicted octanol–water partition coefficient (Wildman–Crippen LogP) is 2.22. The number of ether oxygens (including phenoxy) is 1. The molecule has 0 aliphatic carbocycles. The first-order valence-corrected chi connectivity index (χ1v) is 3.82. The number of ketones is 1. The van der Waals surface area contributed by atoms with Crippen LogP contribution in [-0.2, 0) is 0 Å². The largest absolute Gasteiger partial charge is 0.497 e. The molecule has 0 aliphatic rings. The summed E-state index contributed by atoms with van der Waals surface area (Å²) in [6.45, 7) is 3.34. The summed E-state index contributed by atoms with van der Waals surface area (Å²) in [5, 5.41) is 0. The van der Waals surface area contributed by atoms with Crippen LogP contribution in [0.4, 0.5) is 0 Å². The molecule has 0 saturated heterocycles. The van der Waals surface area contributed by atoms with Gasteiger partial charge >= 0.3 is 0 Å². The van der Waals surface area contributed by atoms with E-state index in [0.717, 1.165) is 0 Å². The first-order chi connectivity index (χ1) is 6.27. The molecule has 0 heterocycles. The summed E-state index contributed by atoms with van der Waals surface area (Å²) in [5.74, 6) is 0.553. The highest BCUT2D eigenvalue weighted by molar-refractivity contribution is 6.04. The average molecular weight is 174 g/mol. The van der Waals surface area contributed by atoms with Gasteiger partial charge in [0, 0.05) is 11.6 Å². The van der Waals surface area contributed by atoms with Gasteiger partial charge in [0.15, 0.2) is 5.78 Å². The Morgan fingerprint density at radius 1 is 1.62 bits per heavy atom. The molecule has 0 N–H and O–H groups in total. The van der Waals surface area contributed by atoms with Crippen molar-refractivity contribution in [1.82, 2.24) is 0 Å². The van der Waals surface area contributed by atoms with Gasteiger partial charge in [-0.15, -0.1) is 5.73 Å². The normalized spacial score (nSPS) is 8.69. The third-order valence-electron chi connectivity index (χ3n) is 1.59. The summed E-state index contributed by atoms with van der Waals surface area (Å²) in [6, 6.07) is 6.95. The number of benzene rings is 1. The molecule has 2 nitrogen and oxygen atoms in total. The second-order valence-electron chi connectivity index (χ2n) is 2.44. The summed E-state index contributed by atoms with van der Waals surface area (Å²) in [5.41, 5.74) is 3.02. The highest BCUT2D eigenvalue weighted by atomic mass is 16.5. The van der Waals surface area contributed by atoms with Crippen molar-refractivity contribution in [2.45, 2.75) is 0 Å². The van der Waals surface area contributed by atoms with Gasteiger partial charge in [0.05, 0.1) is 7.11 Å². The molecule has 1 rings (SSSR count). The summed E-state index contributed by atoms with van der Waals surface area (Å²) in [4.78, 5) is 11.3. The standard InChI is InChI=1S/C11H10O2/c1-3-5-11(12)9-6-4-7-10(8-9)13-2/h4-8H,1H2,2H3. The first-order valence-electron chi connectivity index (χ1n) is 3.82. The zero-order valence-electron chi connectivity index (χ0n) is 7.41. The van der Waals surface area contributed by atoms with Crippen molar-refractivity contribution in [3.8, 4) is 5.75 Å². The Kier molecular flexibility index (Phi) is 3.07. The minimum Gasteiger partial charge on any atom is -0.497 e. The monoisotopic (exact) mass is 174 g/mol. The van der Waals surface area contributed by atoms with Crippen molar-refractivity contribution < 1.29 is 9.53 Å². The zero-order chi connectivity index (χ0) is 9.68. The van der Waals surface area contributed by atoms with Crippen molar-refractivity contribution in [3.05, 3.63) is 48.2 Å². The average Bonchev–Trinajstić information content (AvgIpc) is 2.18. The third-order valence-corrected chi connectivity index (χ3v) is 1.59. The molecule has 66 valence electrons. The Hall–Kier alpha value is -1.79. The van der Waals surface area contributed by atoms with Crippen molar-refractivity contribution in [2.75, 3.05) is 7.11 Å². The summed E-state index contributed by atoms with van der Waals surface area (Å²) < 4.78 is 4.98. The molecular formula is C11H10O2. The molecule has 0 aliphatic heterocycles. The summed E-state index contributed by atoms with van der Waals surface area (Å²) in [6.07, 6.45) is 1.30. The lowest BCUT2D eigenvalue weighted by Gasteiger charge is -2.00. The van der Waals surface area contributed by atoms with E-state index in [1.165, 1.54) is 6.08 Å². The Labute approximate surface area is 77.2 Å². The van der Waals surface area contributed by atoms with Gasteiger partial charge in [0.2, 0.25) is 0 Å². The lowest BCUT2D eigenvalue weighted by atomic mass is 10.1. The number of rotatable bonds is 3. The van der Waals surface area contributed by atoms with Crippen LogP contribution < -0.4 is 4.74 Å². The SMILES string of the molecule is C=C=CC(=O)c1cccc(OC)c1. The van der Waals surface area contributed by atoms with E-state index in [1.54, 1.807) is 31.4 Å². The number of hydrogen-bond acceptors (Lipinski definition) is 2.